The van der Waals surface area contributed by atoms with Crippen molar-refractivity contribution in [2.45, 2.75) is 13.5 Å². The lowest BCUT2D eigenvalue weighted by Gasteiger charge is -2.34. The maximum absolute atomic E-state index is 11.6. The number of nitrogens with one attached hydrogen (secondary N) is 3. The minimum absolute atomic E-state index is 0.241. The number of anilines is 5. The third-order valence-corrected chi connectivity index (χ3v) is 6.11. The number of nitrogens with zero attached hydrogens (tertiary/aromatic N) is 4. The molecular formula is C27H33N7O2. The van der Waals surface area contributed by atoms with Crippen LogP contribution in [0.1, 0.15) is 11.1 Å². The van der Waals surface area contributed by atoms with E-state index in [1.165, 1.54) is 6.08 Å². The highest BCUT2D eigenvalue weighted by Crippen LogP contribution is 2.32. The van der Waals surface area contributed by atoms with Gasteiger partial charge < -0.3 is 30.5 Å². The van der Waals surface area contributed by atoms with E-state index in [1.54, 1.807) is 13.3 Å². The highest BCUT2D eigenvalue weighted by atomic mass is 16.5. The van der Waals surface area contributed by atoms with Crippen molar-refractivity contribution < 1.29 is 9.53 Å². The van der Waals surface area contributed by atoms with Crippen LogP contribution in [0.15, 0.2) is 61.3 Å². The van der Waals surface area contributed by atoms with Gasteiger partial charge >= 0.3 is 0 Å². The molecule has 1 aromatic heterocycles. The first-order chi connectivity index (χ1) is 17.4. The van der Waals surface area contributed by atoms with Gasteiger partial charge in [0.2, 0.25) is 11.9 Å². The van der Waals surface area contributed by atoms with Gasteiger partial charge in [0.05, 0.1) is 12.8 Å². The third kappa shape index (κ3) is 6.31. The van der Waals surface area contributed by atoms with Crippen LogP contribution >= 0.6 is 0 Å². The second kappa shape index (κ2) is 11.5. The number of amides is 1. The number of carbonyl (C=O) groups excluding carboxylic acids is 1. The molecule has 1 saturated heterocycles. The van der Waals surface area contributed by atoms with Gasteiger partial charge in [-0.15, -0.1) is 0 Å². The van der Waals surface area contributed by atoms with Crippen LogP contribution in [0.3, 0.4) is 0 Å². The Balaban J connectivity index is 1.44. The van der Waals surface area contributed by atoms with E-state index in [0.717, 1.165) is 60.2 Å². The summed E-state index contributed by atoms with van der Waals surface area (Å²) in [5, 5.41) is 9.44. The van der Waals surface area contributed by atoms with Crippen molar-refractivity contribution in [3.8, 4) is 5.75 Å². The molecule has 1 fully saturated rings. The molecule has 0 atom stereocenters. The van der Waals surface area contributed by atoms with Gasteiger partial charge in [0, 0.05) is 61.9 Å². The van der Waals surface area contributed by atoms with Gasteiger partial charge in [-0.2, -0.15) is 4.98 Å². The van der Waals surface area contributed by atoms with Crippen LogP contribution in [-0.4, -0.2) is 61.1 Å². The molecule has 1 amide bonds. The summed E-state index contributed by atoms with van der Waals surface area (Å²) in [5.74, 6) is 1.69. The first kappa shape index (κ1) is 25.0. The van der Waals surface area contributed by atoms with Gasteiger partial charge in [-0.3, -0.25) is 4.79 Å². The lowest BCUT2D eigenvalue weighted by molar-refractivity contribution is -0.111. The van der Waals surface area contributed by atoms with Crippen molar-refractivity contribution in [3.63, 3.8) is 0 Å². The number of carbonyl (C=O) groups is 1. The molecule has 1 aliphatic rings. The van der Waals surface area contributed by atoms with Crippen LogP contribution in [0, 0.1) is 6.92 Å². The lowest BCUT2D eigenvalue weighted by atomic mass is 10.2. The summed E-state index contributed by atoms with van der Waals surface area (Å²) in [6, 6.07) is 13.8. The van der Waals surface area contributed by atoms with Gasteiger partial charge in [0.25, 0.3) is 0 Å². The van der Waals surface area contributed by atoms with E-state index >= 15 is 0 Å². The van der Waals surface area contributed by atoms with Crippen molar-refractivity contribution in [1.82, 2.24) is 14.9 Å². The van der Waals surface area contributed by atoms with E-state index in [1.807, 2.05) is 37.3 Å². The second-order valence-electron chi connectivity index (χ2n) is 8.77. The van der Waals surface area contributed by atoms with Gasteiger partial charge in [-0.05, 0) is 49.9 Å². The molecule has 0 saturated carbocycles. The number of aromatic nitrogens is 2. The molecule has 0 spiro atoms. The molecule has 36 heavy (non-hydrogen) atoms. The smallest absolute Gasteiger partial charge is 0.247 e. The van der Waals surface area contributed by atoms with E-state index in [-0.39, 0.29) is 5.91 Å². The number of methoxy groups -OCH3 is 1. The molecule has 0 radical (unpaired) electrons. The van der Waals surface area contributed by atoms with E-state index in [2.05, 4.69) is 61.5 Å². The molecule has 3 N–H and O–H groups in total. The maximum Gasteiger partial charge on any atom is 0.247 e. The number of rotatable bonds is 9. The molecular weight excluding hydrogens is 454 g/mol. The molecule has 2 aromatic carbocycles. The van der Waals surface area contributed by atoms with Crippen LogP contribution in [-0.2, 0) is 11.3 Å². The number of piperazine rings is 1. The lowest BCUT2D eigenvalue weighted by Crippen LogP contribution is -2.44. The average molecular weight is 488 g/mol. The Bertz CT molecular complexity index is 1220. The fourth-order valence-electron chi connectivity index (χ4n) is 3.98. The summed E-state index contributed by atoms with van der Waals surface area (Å²) in [4.78, 5) is 25.4. The van der Waals surface area contributed by atoms with Crippen molar-refractivity contribution in [2.24, 2.45) is 0 Å². The maximum atomic E-state index is 11.6. The van der Waals surface area contributed by atoms with Gasteiger partial charge in [0.15, 0.2) is 0 Å². The molecule has 3 aromatic rings. The average Bonchev–Trinajstić information content (AvgIpc) is 2.89. The van der Waals surface area contributed by atoms with Gasteiger partial charge in [0.1, 0.15) is 11.6 Å². The molecule has 9 nitrogen and oxygen atoms in total. The van der Waals surface area contributed by atoms with Crippen LogP contribution in [0.2, 0.25) is 0 Å². The van der Waals surface area contributed by atoms with Crippen molar-refractivity contribution in [3.05, 3.63) is 72.4 Å². The van der Waals surface area contributed by atoms with E-state index in [9.17, 15) is 4.79 Å². The first-order valence-corrected chi connectivity index (χ1v) is 11.9. The molecule has 2 heterocycles. The zero-order chi connectivity index (χ0) is 25.5. The Labute approximate surface area is 212 Å². The Morgan fingerprint density at radius 1 is 1.17 bits per heavy atom. The minimum atomic E-state index is -0.241. The fourth-order valence-corrected chi connectivity index (χ4v) is 3.98. The molecule has 188 valence electrons. The predicted octanol–water partition coefficient (Wildman–Crippen LogP) is 4.03. The summed E-state index contributed by atoms with van der Waals surface area (Å²) in [5.41, 5.74) is 4.59. The highest BCUT2D eigenvalue weighted by Gasteiger charge is 2.16. The molecule has 0 unspecified atom stereocenters. The van der Waals surface area contributed by atoms with Crippen molar-refractivity contribution in [2.75, 3.05) is 61.2 Å². The van der Waals surface area contributed by atoms with Crippen LogP contribution < -0.4 is 25.6 Å². The van der Waals surface area contributed by atoms with Gasteiger partial charge in [-0.1, -0.05) is 18.7 Å². The Kier molecular flexibility index (Phi) is 8.02. The second-order valence-corrected chi connectivity index (χ2v) is 8.77. The predicted molar refractivity (Wildman–Crippen MR) is 145 cm³/mol. The van der Waals surface area contributed by atoms with E-state index in [4.69, 9.17) is 4.74 Å². The molecule has 4 rings (SSSR count). The number of aryl methyl sites for hydroxylation is 1. The zero-order valence-corrected chi connectivity index (χ0v) is 21.0. The standard InChI is InChI=1S/C27H33N7O2/c1-5-25(35)30-21-8-6-7-20(15-21)18-28-26-19(2)17-29-27(32-26)31-23-10-9-22(16-24(23)36-4)34-13-11-33(3)12-14-34/h5-10,15-17H,1,11-14,18H2,2-4H3,(H,30,35)(H2,28,29,31,32). The Hall–Kier alpha value is -4.11. The largest absolute Gasteiger partial charge is 0.494 e. The quantitative estimate of drug-likeness (QED) is 0.390. The van der Waals surface area contributed by atoms with Crippen LogP contribution in [0.5, 0.6) is 5.75 Å². The number of likely N-dealkylation sites (N-methyl/N-ethyl adjacent to an activating group) is 1. The van der Waals surface area contributed by atoms with Gasteiger partial charge in [-0.25, -0.2) is 4.98 Å². The molecule has 9 heteroatoms. The Morgan fingerprint density at radius 3 is 2.72 bits per heavy atom. The molecule has 0 bridgehead atoms. The van der Waals surface area contributed by atoms with E-state index < -0.39 is 0 Å². The summed E-state index contributed by atoms with van der Waals surface area (Å²) < 4.78 is 5.67. The summed E-state index contributed by atoms with van der Waals surface area (Å²) in [6.07, 6.45) is 3.03. The molecule has 1 aliphatic heterocycles. The zero-order valence-electron chi connectivity index (χ0n) is 21.0. The Morgan fingerprint density at radius 2 is 1.97 bits per heavy atom. The normalized spacial score (nSPS) is 13.7. The van der Waals surface area contributed by atoms with Crippen molar-refractivity contribution in [1.29, 1.82) is 0 Å². The third-order valence-electron chi connectivity index (χ3n) is 6.11. The number of ether oxygens (including phenoxy) is 1. The van der Waals surface area contributed by atoms with Crippen molar-refractivity contribution >= 4 is 34.7 Å². The topological polar surface area (TPSA) is 94.6 Å². The minimum Gasteiger partial charge on any atom is -0.494 e. The van der Waals surface area contributed by atoms with E-state index in [0.29, 0.717) is 18.2 Å². The van der Waals surface area contributed by atoms with Crippen LogP contribution in [0.4, 0.5) is 28.8 Å². The SMILES string of the molecule is C=CC(=O)Nc1cccc(CNc2nc(Nc3ccc(N4CCN(C)CC4)cc3OC)ncc2C)c1. The number of benzene rings is 2. The first-order valence-electron chi connectivity index (χ1n) is 11.9. The summed E-state index contributed by atoms with van der Waals surface area (Å²) in [6.45, 7) is 10.1. The highest BCUT2D eigenvalue weighted by molar-refractivity contribution is 5.98. The fraction of sp³-hybridized carbons (Fsp3) is 0.296. The van der Waals surface area contributed by atoms with Crippen LogP contribution in [0.25, 0.3) is 0 Å². The summed E-state index contributed by atoms with van der Waals surface area (Å²) >= 11 is 0. The number of hydrogen-bond acceptors (Lipinski definition) is 8. The molecule has 0 aliphatic carbocycles. The summed E-state index contributed by atoms with van der Waals surface area (Å²) in [7, 11) is 3.82. The monoisotopic (exact) mass is 487 g/mol. The number of hydrogen-bond donors (Lipinski definition) is 3.